The molecule has 0 saturated heterocycles. The molecule has 2 N–H and O–H groups in total. The molecular weight excluding hydrogens is 255 g/mol. The summed E-state index contributed by atoms with van der Waals surface area (Å²) in [4.78, 5) is 12.1. The highest BCUT2D eigenvalue weighted by molar-refractivity contribution is 5.87. The van der Waals surface area contributed by atoms with Crippen LogP contribution in [-0.2, 0) is 17.4 Å². The molecule has 1 saturated carbocycles. The molecule has 1 fully saturated rings. The Balaban J connectivity index is 2.13. The Morgan fingerprint density at radius 2 is 2.00 bits per heavy atom. The molecule has 1 aliphatic rings. The molecule has 0 unspecified atom stereocenters. The van der Waals surface area contributed by atoms with Gasteiger partial charge in [0.15, 0.2) is 0 Å². The van der Waals surface area contributed by atoms with Gasteiger partial charge in [-0.3, -0.25) is 4.79 Å². The molecule has 2 rings (SSSR count). The van der Waals surface area contributed by atoms with Crippen LogP contribution in [0.3, 0.4) is 0 Å². The lowest BCUT2D eigenvalue weighted by molar-refractivity contribution is -0.138. The van der Waals surface area contributed by atoms with Crippen LogP contribution in [0.25, 0.3) is 0 Å². The summed E-state index contributed by atoms with van der Waals surface area (Å²) in [5, 5.41) is 0. The topological polar surface area (TPSA) is 43.1 Å². The highest BCUT2D eigenvalue weighted by atomic mass is 19.4. The molecule has 0 spiro atoms. The first-order valence-corrected chi connectivity index (χ1v) is 6.27. The van der Waals surface area contributed by atoms with Crippen molar-refractivity contribution < 1.29 is 18.0 Å². The first-order valence-electron chi connectivity index (χ1n) is 6.27. The van der Waals surface area contributed by atoms with E-state index in [4.69, 9.17) is 5.73 Å². The Morgan fingerprint density at radius 1 is 1.32 bits per heavy atom. The third-order valence-corrected chi connectivity index (χ3v) is 3.91. The van der Waals surface area contributed by atoms with E-state index >= 15 is 0 Å². The van der Waals surface area contributed by atoms with Gasteiger partial charge in [0.25, 0.3) is 0 Å². The number of benzene rings is 1. The molecule has 19 heavy (non-hydrogen) atoms. The number of hydrogen-bond donors (Lipinski definition) is 1. The largest absolute Gasteiger partial charge is 0.416 e. The van der Waals surface area contributed by atoms with Crippen LogP contribution >= 0.6 is 0 Å². The monoisotopic (exact) mass is 271 g/mol. The lowest BCUT2D eigenvalue weighted by Crippen LogP contribution is -2.45. The summed E-state index contributed by atoms with van der Waals surface area (Å²) in [7, 11) is 0. The SMILES string of the molecule is NCC1(C(=O)Cc2cccc(C(F)(F)F)c2)CCC1. The number of Topliss-reactive ketones (excluding diaryl/α,β-unsaturated/α-hetero) is 1. The summed E-state index contributed by atoms with van der Waals surface area (Å²) in [6, 6.07) is 4.94. The zero-order valence-electron chi connectivity index (χ0n) is 10.5. The van der Waals surface area contributed by atoms with Gasteiger partial charge in [-0.2, -0.15) is 13.2 Å². The van der Waals surface area contributed by atoms with Gasteiger partial charge in [-0.1, -0.05) is 24.6 Å². The molecule has 0 radical (unpaired) electrons. The van der Waals surface area contributed by atoms with E-state index in [1.165, 1.54) is 6.07 Å². The van der Waals surface area contributed by atoms with Crippen LogP contribution in [0.1, 0.15) is 30.4 Å². The molecule has 0 bridgehead atoms. The van der Waals surface area contributed by atoms with E-state index in [0.29, 0.717) is 5.56 Å². The molecule has 2 nitrogen and oxygen atoms in total. The Labute approximate surface area is 109 Å². The van der Waals surface area contributed by atoms with Crippen molar-refractivity contribution in [3.8, 4) is 0 Å². The maximum atomic E-state index is 12.6. The van der Waals surface area contributed by atoms with Gasteiger partial charge in [-0.05, 0) is 24.5 Å². The predicted molar refractivity (Wildman–Crippen MR) is 65.5 cm³/mol. The standard InChI is InChI=1S/C14H16F3NO/c15-14(16,17)11-4-1-3-10(7-11)8-12(19)13(9-18)5-2-6-13/h1,3-4,7H,2,5-6,8-9,18H2. The maximum Gasteiger partial charge on any atom is 0.416 e. The van der Waals surface area contributed by atoms with Crippen molar-refractivity contribution >= 4 is 5.78 Å². The van der Waals surface area contributed by atoms with Crippen LogP contribution in [0, 0.1) is 5.41 Å². The number of carbonyl (C=O) groups is 1. The van der Waals surface area contributed by atoms with Crippen LogP contribution in [-0.4, -0.2) is 12.3 Å². The average Bonchev–Trinajstić information content (AvgIpc) is 2.27. The third-order valence-electron chi connectivity index (χ3n) is 3.91. The van der Waals surface area contributed by atoms with E-state index in [2.05, 4.69) is 0 Å². The quantitative estimate of drug-likeness (QED) is 0.915. The first kappa shape index (κ1) is 14.1. The van der Waals surface area contributed by atoms with E-state index in [0.717, 1.165) is 31.4 Å². The lowest BCUT2D eigenvalue weighted by Gasteiger charge is -2.39. The van der Waals surface area contributed by atoms with E-state index in [1.54, 1.807) is 6.07 Å². The fourth-order valence-electron chi connectivity index (χ4n) is 2.43. The van der Waals surface area contributed by atoms with Crippen LogP contribution in [0.5, 0.6) is 0 Å². The Hall–Kier alpha value is -1.36. The molecular formula is C14H16F3NO. The molecule has 0 aliphatic heterocycles. The second-order valence-corrected chi connectivity index (χ2v) is 5.14. The fraction of sp³-hybridized carbons (Fsp3) is 0.500. The number of rotatable bonds is 4. The molecule has 5 heteroatoms. The molecule has 0 atom stereocenters. The van der Waals surface area contributed by atoms with Gasteiger partial charge in [-0.15, -0.1) is 0 Å². The van der Waals surface area contributed by atoms with Crippen molar-refractivity contribution in [2.24, 2.45) is 11.1 Å². The minimum absolute atomic E-state index is 0.0289. The van der Waals surface area contributed by atoms with Crippen LogP contribution in [0.15, 0.2) is 24.3 Å². The Bertz CT molecular complexity index is 472. The number of hydrogen-bond acceptors (Lipinski definition) is 2. The van der Waals surface area contributed by atoms with Crippen LogP contribution < -0.4 is 5.73 Å². The van der Waals surface area contributed by atoms with Crippen LogP contribution in [0.4, 0.5) is 13.2 Å². The highest BCUT2D eigenvalue weighted by Gasteiger charge is 2.42. The van der Waals surface area contributed by atoms with E-state index < -0.39 is 17.2 Å². The molecule has 0 amide bonds. The number of carbonyl (C=O) groups excluding carboxylic acids is 1. The average molecular weight is 271 g/mol. The summed E-state index contributed by atoms with van der Waals surface area (Å²) in [6.45, 7) is 0.283. The molecule has 1 aromatic carbocycles. The summed E-state index contributed by atoms with van der Waals surface area (Å²) >= 11 is 0. The van der Waals surface area contributed by atoms with Crippen LogP contribution in [0.2, 0.25) is 0 Å². The maximum absolute atomic E-state index is 12.6. The zero-order valence-corrected chi connectivity index (χ0v) is 10.5. The minimum atomic E-state index is -4.37. The highest BCUT2D eigenvalue weighted by Crippen LogP contribution is 2.41. The predicted octanol–water partition coefficient (Wildman–Crippen LogP) is 2.95. The van der Waals surface area contributed by atoms with Gasteiger partial charge in [-0.25, -0.2) is 0 Å². The summed E-state index contributed by atoms with van der Waals surface area (Å²) in [5.74, 6) is -0.0411. The number of alkyl halides is 3. The molecule has 0 heterocycles. The van der Waals surface area contributed by atoms with E-state index in [-0.39, 0.29) is 18.7 Å². The fourth-order valence-corrected chi connectivity index (χ4v) is 2.43. The summed E-state index contributed by atoms with van der Waals surface area (Å²) in [6.07, 6.45) is -1.88. The van der Waals surface area contributed by atoms with Gasteiger partial charge >= 0.3 is 6.18 Å². The number of nitrogens with two attached hydrogens (primary N) is 1. The molecule has 104 valence electrons. The second kappa shape index (κ2) is 4.96. The van der Waals surface area contributed by atoms with Gasteiger partial charge in [0.05, 0.1) is 5.56 Å². The summed E-state index contributed by atoms with van der Waals surface area (Å²) < 4.78 is 37.7. The normalized spacial score (nSPS) is 17.9. The number of halogens is 3. The second-order valence-electron chi connectivity index (χ2n) is 5.14. The van der Waals surface area contributed by atoms with Crippen molar-refractivity contribution in [2.45, 2.75) is 31.9 Å². The zero-order chi connectivity index (χ0) is 14.1. The first-order chi connectivity index (χ1) is 8.87. The van der Waals surface area contributed by atoms with Gasteiger partial charge in [0.2, 0.25) is 0 Å². The van der Waals surface area contributed by atoms with Crippen molar-refractivity contribution in [1.29, 1.82) is 0 Å². The Kier molecular flexibility index (Phi) is 3.67. The third kappa shape index (κ3) is 2.81. The lowest BCUT2D eigenvalue weighted by atomic mass is 9.65. The van der Waals surface area contributed by atoms with Crippen molar-refractivity contribution in [3.05, 3.63) is 35.4 Å². The molecule has 1 aromatic rings. The van der Waals surface area contributed by atoms with Gasteiger partial charge in [0, 0.05) is 18.4 Å². The molecule has 1 aliphatic carbocycles. The van der Waals surface area contributed by atoms with Gasteiger partial charge in [0.1, 0.15) is 5.78 Å². The van der Waals surface area contributed by atoms with Crippen molar-refractivity contribution in [1.82, 2.24) is 0 Å². The van der Waals surface area contributed by atoms with E-state index in [9.17, 15) is 18.0 Å². The van der Waals surface area contributed by atoms with Gasteiger partial charge < -0.3 is 5.73 Å². The number of ketones is 1. The summed E-state index contributed by atoms with van der Waals surface area (Å²) in [5.41, 5.74) is 4.82. The van der Waals surface area contributed by atoms with Crippen molar-refractivity contribution in [2.75, 3.05) is 6.54 Å². The minimum Gasteiger partial charge on any atom is -0.329 e. The Morgan fingerprint density at radius 3 is 2.47 bits per heavy atom. The smallest absolute Gasteiger partial charge is 0.329 e. The molecule has 0 aromatic heterocycles. The van der Waals surface area contributed by atoms with Crippen molar-refractivity contribution in [3.63, 3.8) is 0 Å². The van der Waals surface area contributed by atoms with E-state index in [1.807, 2.05) is 0 Å².